The van der Waals surface area contributed by atoms with Gasteiger partial charge in [-0.3, -0.25) is 14.9 Å². The highest BCUT2D eigenvalue weighted by Crippen LogP contribution is 2.42. The molecule has 4 aromatic rings. The number of rotatable bonds is 11. The third kappa shape index (κ3) is 7.10. The Bertz CT molecular complexity index is 1520. The van der Waals surface area contributed by atoms with Crippen molar-refractivity contribution in [3.63, 3.8) is 0 Å². The monoisotopic (exact) mass is 558 g/mol. The zero-order valence-electron chi connectivity index (χ0n) is 22.6. The number of aliphatic carboxylic acids is 1. The highest BCUT2D eigenvalue weighted by atomic mass is 19.1. The van der Waals surface area contributed by atoms with Gasteiger partial charge in [0.15, 0.2) is 0 Å². The minimum absolute atomic E-state index is 0.122. The first-order valence-corrected chi connectivity index (χ1v) is 13.1. The molecule has 41 heavy (non-hydrogen) atoms. The first kappa shape index (κ1) is 29.3. The molecule has 2 aromatic carbocycles. The number of hydrogen-bond donors (Lipinski definition) is 4. The third-order valence-corrected chi connectivity index (χ3v) is 6.36. The van der Waals surface area contributed by atoms with E-state index in [1.165, 1.54) is 30.6 Å². The summed E-state index contributed by atoms with van der Waals surface area (Å²) in [5.74, 6) is -1.94. The molecule has 0 radical (unpaired) electrons. The highest BCUT2D eigenvalue weighted by Gasteiger charge is 2.30. The van der Waals surface area contributed by atoms with E-state index in [1.807, 2.05) is 48.7 Å². The van der Waals surface area contributed by atoms with Gasteiger partial charge in [0, 0.05) is 41.7 Å². The number of carbonyl (C=O) groups is 2. The van der Waals surface area contributed by atoms with Gasteiger partial charge in [-0.05, 0) is 49.2 Å². The number of carbonyl (C=O) groups excluding carboxylic acids is 1. The fourth-order valence-corrected chi connectivity index (χ4v) is 4.69. The van der Waals surface area contributed by atoms with E-state index in [-0.39, 0.29) is 18.4 Å². The summed E-state index contributed by atoms with van der Waals surface area (Å²) >= 11 is 0. The van der Waals surface area contributed by atoms with Crippen molar-refractivity contribution in [1.82, 2.24) is 14.5 Å². The summed E-state index contributed by atoms with van der Waals surface area (Å²) in [4.78, 5) is 33.1. The van der Waals surface area contributed by atoms with Gasteiger partial charge in [-0.25, -0.2) is 14.4 Å². The van der Waals surface area contributed by atoms with Crippen molar-refractivity contribution >= 4 is 23.9 Å². The Hall–Kier alpha value is -4.67. The van der Waals surface area contributed by atoms with Crippen molar-refractivity contribution in [2.24, 2.45) is 0 Å². The van der Waals surface area contributed by atoms with Crippen LogP contribution in [0.15, 0.2) is 79.1 Å². The second-order valence-corrected chi connectivity index (χ2v) is 9.76. The van der Waals surface area contributed by atoms with E-state index in [0.29, 0.717) is 28.1 Å². The summed E-state index contributed by atoms with van der Waals surface area (Å²) in [6.45, 7) is 3.81. The van der Waals surface area contributed by atoms with Crippen LogP contribution >= 0.6 is 0 Å². The Morgan fingerprint density at radius 3 is 2.20 bits per heavy atom. The van der Waals surface area contributed by atoms with E-state index in [2.05, 4.69) is 15.3 Å². The van der Waals surface area contributed by atoms with Gasteiger partial charge < -0.3 is 19.9 Å². The summed E-state index contributed by atoms with van der Waals surface area (Å²) in [6.07, 6.45) is 3.01. The summed E-state index contributed by atoms with van der Waals surface area (Å²) in [5.41, 5.74) is 3.43. The zero-order valence-corrected chi connectivity index (χ0v) is 22.6. The van der Waals surface area contributed by atoms with Crippen LogP contribution in [0.5, 0.6) is 0 Å². The molecule has 0 fully saturated rings. The molecule has 0 aliphatic carbocycles. The maximum atomic E-state index is 14.0. The Morgan fingerprint density at radius 1 is 0.951 bits per heavy atom. The molecule has 1 amide bonds. The molecule has 0 spiro atoms. The van der Waals surface area contributed by atoms with Crippen LogP contribution in [0.25, 0.3) is 28.3 Å². The van der Waals surface area contributed by atoms with Gasteiger partial charge in [0.25, 0.3) is 5.91 Å². The van der Waals surface area contributed by atoms with Crippen LogP contribution in [-0.2, 0) is 4.79 Å². The molecule has 0 saturated carbocycles. The molecule has 4 rings (SSSR count). The SMILES string of the molecule is CC(C)n1c(/C=C/C(O)CC(O)CC(=O)O)c(-c2ccc(F)cc2)c(-c2ccccc2)c1C(=O)Nc1ncccn1. The van der Waals surface area contributed by atoms with E-state index in [1.54, 1.807) is 24.3 Å². The number of hydrogen-bond acceptors (Lipinski definition) is 6. The minimum atomic E-state index is -1.24. The molecule has 0 aliphatic rings. The van der Waals surface area contributed by atoms with Crippen molar-refractivity contribution in [2.45, 2.75) is 44.9 Å². The lowest BCUT2D eigenvalue weighted by Gasteiger charge is -2.17. The van der Waals surface area contributed by atoms with Crippen LogP contribution in [0.3, 0.4) is 0 Å². The predicted molar refractivity (Wildman–Crippen MR) is 154 cm³/mol. The molecule has 2 heterocycles. The lowest BCUT2D eigenvalue weighted by atomic mass is 9.94. The molecule has 0 saturated heterocycles. The van der Waals surface area contributed by atoms with Gasteiger partial charge in [0.05, 0.1) is 18.6 Å². The number of anilines is 1. The first-order chi connectivity index (χ1) is 19.7. The molecule has 0 bridgehead atoms. The Morgan fingerprint density at radius 2 is 1.59 bits per heavy atom. The smallest absolute Gasteiger partial charge is 0.305 e. The number of carboxylic acid groups (broad SMARTS) is 1. The Kier molecular flexibility index (Phi) is 9.38. The molecular formula is C31H31FN4O5. The Balaban J connectivity index is 1.96. The van der Waals surface area contributed by atoms with E-state index < -0.39 is 36.3 Å². The van der Waals surface area contributed by atoms with E-state index in [4.69, 9.17) is 5.11 Å². The van der Waals surface area contributed by atoms with Crippen molar-refractivity contribution in [1.29, 1.82) is 0 Å². The van der Waals surface area contributed by atoms with Crippen molar-refractivity contribution in [3.8, 4) is 22.3 Å². The fourth-order valence-electron chi connectivity index (χ4n) is 4.69. The molecule has 2 atom stereocenters. The number of aromatic nitrogens is 3. The number of halogens is 1. The number of aliphatic hydroxyl groups excluding tert-OH is 2. The average molecular weight is 559 g/mol. The fraction of sp³-hybridized carbons (Fsp3) is 0.226. The van der Waals surface area contributed by atoms with Gasteiger partial charge in [-0.1, -0.05) is 48.5 Å². The van der Waals surface area contributed by atoms with Crippen LogP contribution in [-0.4, -0.2) is 53.9 Å². The summed E-state index contributed by atoms with van der Waals surface area (Å²) < 4.78 is 15.8. The number of benzene rings is 2. The normalized spacial score (nSPS) is 12.9. The predicted octanol–water partition coefficient (Wildman–Crippen LogP) is 5.18. The van der Waals surface area contributed by atoms with Crippen LogP contribution in [0, 0.1) is 5.82 Å². The first-order valence-electron chi connectivity index (χ1n) is 13.1. The maximum absolute atomic E-state index is 14.0. The molecule has 212 valence electrons. The second-order valence-electron chi connectivity index (χ2n) is 9.76. The van der Waals surface area contributed by atoms with Gasteiger partial charge in [0.2, 0.25) is 5.95 Å². The molecule has 10 heteroatoms. The molecule has 0 aliphatic heterocycles. The molecule has 9 nitrogen and oxygen atoms in total. The number of aliphatic hydroxyl groups is 2. The number of amides is 1. The topological polar surface area (TPSA) is 138 Å². The molecule has 2 aromatic heterocycles. The summed E-state index contributed by atoms with van der Waals surface area (Å²) in [5, 5.41) is 32.4. The van der Waals surface area contributed by atoms with Crippen LogP contribution < -0.4 is 5.32 Å². The van der Waals surface area contributed by atoms with Gasteiger partial charge in [-0.15, -0.1) is 0 Å². The maximum Gasteiger partial charge on any atom is 0.305 e. The average Bonchev–Trinajstić information content (AvgIpc) is 3.28. The lowest BCUT2D eigenvalue weighted by Crippen LogP contribution is -2.21. The summed E-state index contributed by atoms with van der Waals surface area (Å²) in [6, 6.07) is 16.6. The van der Waals surface area contributed by atoms with E-state index in [0.717, 1.165) is 5.56 Å². The zero-order chi connectivity index (χ0) is 29.5. The molecular weight excluding hydrogens is 527 g/mol. The standard InChI is InChI=1S/C31H31FN4O5/c1-19(2)36-25(14-13-23(37)17-24(38)18-26(39)40)27(21-9-11-22(32)12-10-21)28(20-7-4-3-5-8-20)29(36)30(41)35-31-33-15-6-16-34-31/h3-16,19,23-24,37-38H,17-18H2,1-2H3,(H,39,40)(H,33,34,35,41)/b14-13+. The van der Waals surface area contributed by atoms with Crippen LogP contribution in [0.2, 0.25) is 0 Å². The lowest BCUT2D eigenvalue weighted by molar-refractivity contribution is -0.139. The van der Waals surface area contributed by atoms with Crippen molar-refractivity contribution < 1.29 is 29.3 Å². The largest absolute Gasteiger partial charge is 0.481 e. The van der Waals surface area contributed by atoms with Gasteiger partial charge in [0.1, 0.15) is 11.5 Å². The quantitative estimate of drug-likeness (QED) is 0.199. The van der Waals surface area contributed by atoms with E-state index in [9.17, 15) is 24.2 Å². The van der Waals surface area contributed by atoms with Gasteiger partial charge >= 0.3 is 5.97 Å². The third-order valence-electron chi connectivity index (χ3n) is 6.36. The number of nitrogens with one attached hydrogen (secondary N) is 1. The molecule has 2 unspecified atom stereocenters. The molecule has 4 N–H and O–H groups in total. The van der Waals surface area contributed by atoms with E-state index >= 15 is 0 Å². The van der Waals surface area contributed by atoms with Crippen LogP contribution in [0.1, 0.15) is 48.9 Å². The second kappa shape index (κ2) is 13.1. The number of carboxylic acids is 1. The Labute approximate surface area is 236 Å². The van der Waals surface area contributed by atoms with Crippen LogP contribution in [0.4, 0.5) is 10.3 Å². The highest BCUT2D eigenvalue weighted by molar-refractivity contribution is 6.11. The number of nitrogens with zero attached hydrogens (tertiary/aromatic N) is 3. The van der Waals surface area contributed by atoms with Crippen molar-refractivity contribution in [3.05, 3.63) is 96.3 Å². The minimum Gasteiger partial charge on any atom is -0.481 e. The van der Waals surface area contributed by atoms with Gasteiger partial charge in [-0.2, -0.15) is 0 Å². The summed E-state index contributed by atoms with van der Waals surface area (Å²) in [7, 11) is 0. The van der Waals surface area contributed by atoms with Crippen molar-refractivity contribution in [2.75, 3.05) is 5.32 Å².